The number of rotatable bonds is 0. The van der Waals surface area contributed by atoms with Crippen LogP contribution in [0.15, 0.2) is 60.7 Å². The largest absolute Gasteiger partial charge is 0.214 e. The zero-order valence-corrected chi connectivity index (χ0v) is 32.5. The number of aliphatic hydroxyl groups is 1. The molecule has 4 aromatic carbocycles. The van der Waals surface area contributed by atoms with Crippen LogP contribution in [0.4, 0.5) is 0 Å². The van der Waals surface area contributed by atoms with Crippen molar-refractivity contribution in [1.82, 2.24) is 0 Å². The van der Waals surface area contributed by atoms with E-state index in [0.717, 1.165) is 0 Å². The molecule has 4 aromatic rings. The van der Waals surface area contributed by atoms with Crippen molar-refractivity contribution in [3.63, 3.8) is 0 Å². The summed E-state index contributed by atoms with van der Waals surface area (Å²) in [4.78, 5) is 23.2. The minimum atomic E-state index is 0. The summed E-state index contributed by atoms with van der Waals surface area (Å²) in [7, 11) is 2.25. The van der Waals surface area contributed by atoms with Crippen LogP contribution < -0.4 is 0 Å². The van der Waals surface area contributed by atoms with Gasteiger partial charge in [-0.05, 0) is 0 Å². The molecule has 0 unspecified atom stereocenters. The summed E-state index contributed by atoms with van der Waals surface area (Å²) in [6.45, 7) is 31.7. The predicted molar refractivity (Wildman–Crippen MR) is 163 cm³/mol. The van der Waals surface area contributed by atoms with Crippen molar-refractivity contribution in [2.45, 2.75) is 69.2 Å². The molecule has 0 atom stereocenters. The Hall–Kier alpha value is -1.24. The molecule has 0 saturated carbocycles. The van der Waals surface area contributed by atoms with E-state index < -0.39 is 0 Å². The van der Waals surface area contributed by atoms with Gasteiger partial charge in [-0.2, -0.15) is 92.0 Å². The fourth-order valence-electron chi connectivity index (χ4n) is 3.45. The molecule has 0 spiro atoms. The Labute approximate surface area is 296 Å². The Morgan fingerprint density at radius 3 is 0.714 bits per heavy atom. The van der Waals surface area contributed by atoms with Gasteiger partial charge in [-0.1, -0.05) is 69.2 Å². The molecule has 0 aliphatic heterocycles. The van der Waals surface area contributed by atoms with Gasteiger partial charge in [0, 0.05) is 33.6 Å². The van der Waals surface area contributed by atoms with Crippen LogP contribution >= 0.6 is 0 Å². The summed E-state index contributed by atoms with van der Waals surface area (Å²) in [5.74, 6) is 0. The van der Waals surface area contributed by atoms with Crippen LogP contribution in [0.1, 0.15) is 55.6 Å². The number of aliphatic hydroxyl groups excluding tert-OH is 1. The van der Waals surface area contributed by atoms with Gasteiger partial charge in [-0.25, -0.2) is 31.4 Å². The van der Waals surface area contributed by atoms with Crippen LogP contribution in [-0.4, -0.2) is 25.5 Å². The molecule has 2 radical (unpaired) electrons. The molecule has 0 heterocycles. The van der Waals surface area contributed by atoms with E-state index in [9.17, 15) is 0 Å². The van der Waals surface area contributed by atoms with E-state index >= 15 is 0 Å². The first-order valence-electron chi connectivity index (χ1n) is 12.0. The second-order valence-electron chi connectivity index (χ2n) is 8.17. The molecule has 4 nitrogen and oxygen atoms in total. The molecule has 244 valence electrons. The average Bonchev–Trinajstić information content (AvgIpc) is 3.86. The maximum absolute atomic E-state index is 7.75. The van der Waals surface area contributed by atoms with Gasteiger partial charge in [-0.3, -0.25) is 20.4 Å². The van der Waals surface area contributed by atoms with Crippen molar-refractivity contribution in [1.29, 1.82) is 0 Å². The van der Waals surface area contributed by atoms with Gasteiger partial charge >= 0.3 is 32.4 Å². The minimum Gasteiger partial charge on any atom is -0.214 e. The number of hydrogen-bond donors (Lipinski definition) is 1. The first-order valence-corrected chi connectivity index (χ1v) is 17.7. The maximum atomic E-state index is 7.75. The van der Waals surface area contributed by atoms with Crippen LogP contribution in [0.3, 0.4) is 0 Å². The molecule has 0 fully saturated rings. The van der Waals surface area contributed by atoms with E-state index in [1.165, 1.54) is 55.6 Å². The second kappa shape index (κ2) is 39.8. The normalized spacial score (nSPS) is 7.43. The molecule has 0 bridgehead atoms. The third-order valence-corrected chi connectivity index (χ3v) is 6.74. The molecule has 1 N–H and O–H groups in total. The second-order valence-corrected chi connectivity index (χ2v) is 8.17. The standard InChI is InChI=1S/2C10H15.2C5H5.CH3O.3CHO.2Co.2Mo/c2*1-6-7(2)9(4)10(5)8(6)3;2*1-2-4-5-3-1;4*1-2;;;;/h2*1-5H3;2*1-5H;2H,1H2;3*1H;;;;/q8*-1;;;;. The summed E-state index contributed by atoms with van der Waals surface area (Å²) < 4.78 is 0. The van der Waals surface area contributed by atoms with Crippen molar-refractivity contribution in [3.05, 3.63) is 123 Å². The first-order chi connectivity index (χ1) is 19.1. The number of carbonyl (C=O) groups excluding carboxylic acids is 3. The van der Waals surface area contributed by atoms with Gasteiger partial charge in [0.2, 0.25) is 0 Å². The Morgan fingerprint density at radius 2 is 0.667 bits per heavy atom. The van der Waals surface area contributed by atoms with Gasteiger partial charge in [0.1, 0.15) is 0 Å². The topological polar surface area (TPSA) is 71.4 Å². The third kappa shape index (κ3) is 23.2. The monoisotopic (exact) mass is 832 g/mol. The van der Waals surface area contributed by atoms with Crippen molar-refractivity contribution >= 4 is 20.4 Å². The van der Waals surface area contributed by atoms with Gasteiger partial charge in [0.15, 0.2) is 0 Å². The molecule has 42 heavy (non-hydrogen) atoms. The van der Waals surface area contributed by atoms with Crippen molar-refractivity contribution in [2.75, 3.05) is 0 Å². The Bertz CT molecular complexity index is 783. The Morgan fingerprint density at radius 1 is 0.524 bits per heavy atom. The van der Waals surface area contributed by atoms with Crippen molar-refractivity contribution < 1.29 is 85.5 Å². The number of hydrogen-bond acceptors (Lipinski definition) is 4. The van der Waals surface area contributed by atoms with Crippen LogP contribution in [0.25, 0.3) is 0 Å². The summed E-state index contributed by atoms with van der Waals surface area (Å²) in [5.41, 5.74) is 14.7. The summed E-state index contributed by atoms with van der Waals surface area (Å²) in [5, 5.41) is 6.75. The van der Waals surface area contributed by atoms with Crippen LogP contribution in [0.5, 0.6) is 0 Å². The molecular weight excluding hydrogens is 782 g/mol. The zero-order chi connectivity index (χ0) is 32.8. The van der Waals surface area contributed by atoms with Gasteiger partial charge in [0.25, 0.3) is 0 Å². The van der Waals surface area contributed by atoms with E-state index in [1.807, 2.05) is 93.1 Å². The van der Waals surface area contributed by atoms with Gasteiger partial charge in [0.05, 0.1) is 0 Å². The summed E-state index contributed by atoms with van der Waals surface area (Å²) in [6.07, 6.45) is 0. The van der Waals surface area contributed by atoms with E-state index in [4.69, 9.17) is 19.5 Å². The Kier molecular flexibility index (Phi) is 53.5. The van der Waals surface area contributed by atoms with Gasteiger partial charge in [-0.15, -0.1) is 0 Å². The average molecular weight is 828 g/mol. The predicted octanol–water partition coefficient (Wildman–Crippen LogP) is 8.02. The minimum absolute atomic E-state index is 0. The molecule has 0 amide bonds. The van der Waals surface area contributed by atoms with Crippen LogP contribution in [-0.2, 0) is 80.4 Å². The third-order valence-electron chi connectivity index (χ3n) is 6.74. The maximum Gasteiger partial charge on any atom is -0.172 e. The van der Waals surface area contributed by atoms with E-state index in [-0.39, 0.29) is 33.6 Å². The summed E-state index contributed by atoms with van der Waals surface area (Å²) >= 11 is 3.92. The van der Waals surface area contributed by atoms with E-state index in [1.54, 1.807) is 0 Å². The van der Waals surface area contributed by atoms with E-state index in [0.29, 0.717) is 0 Å². The fraction of sp³-hybridized carbons (Fsp3) is 0.294. The molecule has 0 aliphatic rings. The SMILES string of the molecule is Cc1c(C)c(C)[c-](C)c1C.Cc1c(C)c(C)[c-](C)c1C.[CH-]=O.[CH-]=O.[CH-]=O.[CH2-]O.[Co].[Co].[Mo]=[Mo].c1cc[cH-]c1.c1cc[cH-]c1. The zero-order valence-electron chi connectivity index (χ0n) is 26.4. The molecule has 4 rings (SSSR count). The van der Waals surface area contributed by atoms with Crippen molar-refractivity contribution in [2.24, 2.45) is 0 Å². The molecule has 0 saturated heterocycles. The molecule has 0 aromatic heterocycles. The molecular formula is C34H46Co2Mo2O4-8. The summed E-state index contributed by atoms with van der Waals surface area (Å²) in [6, 6.07) is 20.0. The van der Waals surface area contributed by atoms with Gasteiger partial charge < -0.3 is 19.5 Å². The smallest absolute Gasteiger partial charge is 0.172 e. The quantitative estimate of drug-likeness (QED) is 0.111. The first kappa shape index (κ1) is 56.5. The molecule has 8 heteroatoms. The Balaban J connectivity index is -0.0000000714. The van der Waals surface area contributed by atoms with Crippen LogP contribution in [0.2, 0.25) is 0 Å². The van der Waals surface area contributed by atoms with E-state index in [2.05, 4.69) is 96.7 Å². The van der Waals surface area contributed by atoms with Crippen molar-refractivity contribution in [3.8, 4) is 0 Å². The fourth-order valence-corrected chi connectivity index (χ4v) is 3.45. The van der Waals surface area contributed by atoms with Crippen LogP contribution in [0, 0.1) is 76.3 Å². The molecule has 0 aliphatic carbocycles.